The highest BCUT2D eigenvalue weighted by molar-refractivity contribution is 5.92. The zero-order valence-corrected chi connectivity index (χ0v) is 34.2. The van der Waals surface area contributed by atoms with Crippen LogP contribution in [0, 0.1) is 0 Å². The minimum Gasteiger partial charge on any atom is -0.228 e. The van der Waals surface area contributed by atoms with Crippen LogP contribution in [0.3, 0.4) is 0 Å². The monoisotopic (exact) mass is 778 g/mol. The van der Waals surface area contributed by atoms with Crippen molar-refractivity contribution >= 4 is 0 Å². The second-order valence-electron chi connectivity index (χ2n) is 18.0. The molecule has 288 valence electrons. The number of aromatic nitrogens is 2. The molecule has 1 aromatic heterocycles. The molecule has 13 rings (SSSR count). The van der Waals surface area contributed by atoms with Crippen LogP contribution in [-0.4, -0.2) is 9.97 Å². The average molecular weight is 779 g/mol. The van der Waals surface area contributed by atoms with Crippen molar-refractivity contribution in [1.29, 1.82) is 0 Å². The normalized spacial score (nSPS) is 18.2. The van der Waals surface area contributed by atoms with Crippen LogP contribution < -0.4 is 0 Å². The van der Waals surface area contributed by atoms with Crippen LogP contribution in [0.1, 0.15) is 82.0 Å². The molecule has 3 atom stereocenters. The fourth-order valence-electron chi connectivity index (χ4n) is 11.6. The SMILES string of the molecule is CC1(C)c2ccccc2-c2c(-c3nc(-c4ccc(C5c6ccccc6-c6ccccc65)cc4)cc(-c4ccc5c(c4)-c4ccccc4C4C5[C@@H]4c4ccccc4)n3)cccc21. The molecule has 2 heteroatoms. The molecular formula is C59H42N2. The maximum Gasteiger partial charge on any atom is 0.161 e. The molecule has 0 radical (unpaired) electrons. The third kappa shape index (κ3) is 5.09. The minimum absolute atomic E-state index is 0.125. The van der Waals surface area contributed by atoms with Crippen molar-refractivity contribution in [3.63, 3.8) is 0 Å². The molecule has 4 aliphatic carbocycles. The van der Waals surface area contributed by atoms with Crippen LogP contribution >= 0.6 is 0 Å². The van der Waals surface area contributed by atoms with Crippen molar-refractivity contribution in [2.24, 2.45) is 0 Å². The van der Waals surface area contributed by atoms with Gasteiger partial charge in [-0.3, -0.25) is 0 Å². The lowest BCUT2D eigenvalue weighted by molar-refractivity contribution is 0.660. The molecule has 4 aliphatic rings. The zero-order chi connectivity index (χ0) is 40.4. The van der Waals surface area contributed by atoms with E-state index in [1.807, 2.05) is 0 Å². The molecule has 0 spiro atoms. The molecule has 0 amide bonds. The summed E-state index contributed by atoms with van der Waals surface area (Å²) in [5, 5.41) is 0. The molecule has 61 heavy (non-hydrogen) atoms. The van der Waals surface area contributed by atoms with Crippen molar-refractivity contribution in [3.8, 4) is 67.3 Å². The first-order valence-electron chi connectivity index (χ1n) is 21.7. The highest BCUT2D eigenvalue weighted by atomic mass is 14.9. The fraction of sp³-hybridized carbons (Fsp3) is 0.119. The lowest BCUT2D eigenvalue weighted by Crippen LogP contribution is -2.14. The third-order valence-corrected chi connectivity index (χ3v) is 14.5. The Morgan fingerprint density at radius 3 is 1.59 bits per heavy atom. The summed E-state index contributed by atoms with van der Waals surface area (Å²) in [5.74, 6) is 2.43. The summed E-state index contributed by atoms with van der Waals surface area (Å²) >= 11 is 0. The maximum atomic E-state index is 5.51. The molecule has 1 heterocycles. The lowest BCUT2D eigenvalue weighted by atomic mass is 9.82. The molecule has 8 aromatic carbocycles. The van der Waals surface area contributed by atoms with Gasteiger partial charge in [0, 0.05) is 28.0 Å². The van der Waals surface area contributed by atoms with E-state index < -0.39 is 0 Å². The van der Waals surface area contributed by atoms with Crippen LogP contribution in [-0.2, 0) is 5.41 Å². The van der Waals surface area contributed by atoms with Crippen molar-refractivity contribution < 1.29 is 0 Å². The summed E-state index contributed by atoms with van der Waals surface area (Å²) in [6, 6.07) is 72.0. The second kappa shape index (κ2) is 12.9. The molecular weight excluding hydrogens is 737 g/mol. The van der Waals surface area contributed by atoms with Gasteiger partial charge in [-0.2, -0.15) is 0 Å². The van der Waals surface area contributed by atoms with Gasteiger partial charge in [-0.1, -0.05) is 196 Å². The Bertz CT molecular complexity index is 3200. The first-order valence-corrected chi connectivity index (χ1v) is 21.7. The van der Waals surface area contributed by atoms with E-state index in [1.54, 1.807) is 0 Å². The highest BCUT2D eigenvalue weighted by Crippen LogP contribution is 2.71. The second-order valence-corrected chi connectivity index (χ2v) is 18.0. The number of hydrogen-bond donors (Lipinski definition) is 0. The van der Waals surface area contributed by atoms with Crippen LogP contribution in [0.25, 0.3) is 67.3 Å². The Balaban J connectivity index is 0.971. The van der Waals surface area contributed by atoms with Crippen LogP contribution in [0.5, 0.6) is 0 Å². The van der Waals surface area contributed by atoms with Crippen molar-refractivity contribution in [3.05, 3.63) is 239 Å². The van der Waals surface area contributed by atoms with E-state index in [0.29, 0.717) is 17.8 Å². The van der Waals surface area contributed by atoms with E-state index in [-0.39, 0.29) is 11.3 Å². The molecule has 0 aliphatic heterocycles. The smallest absolute Gasteiger partial charge is 0.161 e. The first kappa shape index (κ1) is 34.7. The van der Waals surface area contributed by atoms with Gasteiger partial charge in [0.2, 0.25) is 0 Å². The Morgan fingerprint density at radius 1 is 0.361 bits per heavy atom. The van der Waals surface area contributed by atoms with Gasteiger partial charge in [-0.25, -0.2) is 9.97 Å². The first-order chi connectivity index (χ1) is 30.0. The van der Waals surface area contributed by atoms with Crippen LogP contribution in [0.2, 0.25) is 0 Å². The fourth-order valence-corrected chi connectivity index (χ4v) is 11.6. The van der Waals surface area contributed by atoms with E-state index in [4.69, 9.17) is 9.97 Å². The van der Waals surface area contributed by atoms with Crippen LogP contribution in [0.4, 0.5) is 0 Å². The molecule has 9 aromatic rings. The number of nitrogens with zero attached hydrogens (tertiary/aromatic N) is 2. The lowest BCUT2D eigenvalue weighted by Gasteiger charge is -2.21. The van der Waals surface area contributed by atoms with Gasteiger partial charge in [-0.15, -0.1) is 0 Å². The number of fused-ring (bicyclic) bond motifs is 12. The van der Waals surface area contributed by atoms with Crippen molar-refractivity contribution in [2.45, 2.75) is 42.9 Å². The average Bonchev–Trinajstić information content (AvgIpc) is 3.93. The number of rotatable bonds is 5. The Morgan fingerprint density at radius 2 is 0.885 bits per heavy atom. The van der Waals surface area contributed by atoms with Gasteiger partial charge >= 0.3 is 0 Å². The molecule has 2 unspecified atom stereocenters. The highest BCUT2D eigenvalue weighted by Gasteiger charge is 2.56. The van der Waals surface area contributed by atoms with Gasteiger partial charge in [0.1, 0.15) is 0 Å². The summed E-state index contributed by atoms with van der Waals surface area (Å²) < 4.78 is 0. The van der Waals surface area contributed by atoms with E-state index in [0.717, 1.165) is 33.9 Å². The topological polar surface area (TPSA) is 25.8 Å². The predicted octanol–water partition coefficient (Wildman–Crippen LogP) is 14.6. The van der Waals surface area contributed by atoms with Crippen molar-refractivity contribution in [2.75, 3.05) is 0 Å². The van der Waals surface area contributed by atoms with Gasteiger partial charge in [0.15, 0.2) is 5.82 Å². The molecule has 1 saturated carbocycles. The van der Waals surface area contributed by atoms with Gasteiger partial charge < -0.3 is 0 Å². The summed E-state index contributed by atoms with van der Waals surface area (Å²) in [4.78, 5) is 11.0. The van der Waals surface area contributed by atoms with Crippen molar-refractivity contribution in [1.82, 2.24) is 9.97 Å². The Kier molecular flexibility index (Phi) is 7.34. The third-order valence-electron chi connectivity index (χ3n) is 14.5. The van der Waals surface area contributed by atoms with Crippen LogP contribution in [0.15, 0.2) is 194 Å². The largest absolute Gasteiger partial charge is 0.228 e. The Labute approximate surface area is 357 Å². The van der Waals surface area contributed by atoms with E-state index in [1.165, 1.54) is 77.9 Å². The molecule has 0 bridgehead atoms. The van der Waals surface area contributed by atoms with Gasteiger partial charge in [0.25, 0.3) is 0 Å². The number of hydrogen-bond acceptors (Lipinski definition) is 2. The molecule has 0 saturated heterocycles. The number of benzene rings is 8. The van der Waals surface area contributed by atoms with E-state index in [9.17, 15) is 0 Å². The van der Waals surface area contributed by atoms with Gasteiger partial charge in [-0.05, 0) is 108 Å². The Hall–Kier alpha value is -7.16. The van der Waals surface area contributed by atoms with E-state index >= 15 is 0 Å². The summed E-state index contributed by atoms with van der Waals surface area (Å²) in [6.07, 6.45) is 0. The molecule has 0 N–H and O–H groups in total. The van der Waals surface area contributed by atoms with Gasteiger partial charge in [0.05, 0.1) is 11.4 Å². The predicted molar refractivity (Wildman–Crippen MR) is 249 cm³/mol. The standard InChI is InChI=1S/C59H42N2/c1-59(2)49-25-13-12-23-46(49)55-47(24-14-26-50(55)59)58-60-51(35-27-29-37(30-28-35)53-42-20-9-6-17-39(42)40-18-7-10-21-43(40)53)34-52(61-58)38-31-32-45-48(33-38)41-19-8-11-22-44(41)56-54(57(45)56)36-15-4-3-5-16-36/h3-34,53-54,56-57H,1-2H3/t54-,56?,57?/m1/s1. The maximum absolute atomic E-state index is 5.51. The zero-order valence-electron chi connectivity index (χ0n) is 34.2. The quantitative estimate of drug-likeness (QED) is 0.174. The summed E-state index contributed by atoms with van der Waals surface area (Å²) in [7, 11) is 0. The van der Waals surface area contributed by atoms with E-state index in [2.05, 4.69) is 208 Å². The minimum atomic E-state index is -0.125. The molecule has 2 nitrogen and oxygen atoms in total. The molecule has 1 fully saturated rings. The summed E-state index contributed by atoms with van der Waals surface area (Å²) in [6.45, 7) is 4.68. The summed E-state index contributed by atoms with van der Waals surface area (Å²) in [5.41, 5.74) is 23.9.